The van der Waals surface area contributed by atoms with E-state index in [-0.39, 0.29) is 0 Å². The quantitative estimate of drug-likeness (QED) is 0.677. The zero-order valence-electron chi connectivity index (χ0n) is 13.1. The lowest BCUT2D eigenvalue weighted by atomic mass is 9.85. The molecule has 2 heteroatoms. The molecule has 0 aromatic rings. The van der Waals surface area contributed by atoms with E-state index in [0.717, 1.165) is 12.5 Å². The molecule has 1 saturated carbocycles. The topological polar surface area (TPSA) is 15.3 Å². The summed E-state index contributed by atoms with van der Waals surface area (Å²) in [6.07, 6.45) is 7.03. The van der Waals surface area contributed by atoms with Gasteiger partial charge in [0, 0.05) is 19.6 Å². The number of nitrogens with zero attached hydrogens (tertiary/aromatic N) is 1. The van der Waals surface area contributed by atoms with Crippen LogP contribution in [0.25, 0.3) is 0 Å². The van der Waals surface area contributed by atoms with Crippen molar-refractivity contribution in [3.8, 4) is 0 Å². The van der Waals surface area contributed by atoms with Crippen LogP contribution in [0.2, 0.25) is 0 Å². The van der Waals surface area contributed by atoms with Crippen molar-refractivity contribution in [1.82, 2.24) is 10.2 Å². The highest BCUT2D eigenvalue weighted by Gasteiger charge is 2.34. The number of hydrogen-bond acceptors (Lipinski definition) is 2. The second-order valence-corrected chi connectivity index (χ2v) is 6.33. The fourth-order valence-corrected chi connectivity index (χ4v) is 3.26. The average Bonchev–Trinajstić information content (AvgIpc) is 2.84. The number of rotatable bonds is 9. The molecule has 0 aliphatic heterocycles. The third kappa shape index (κ3) is 4.89. The normalized spacial score (nSPS) is 20.5. The summed E-state index contributed by atoms with van der Waals surface area (Å²) >= 11 is 0. The SMILES string of the molecule is CCNCC1(CN(CC)CC(C)CC)CCCC1. The predicted molar refractivity (Wildman–Crippen MR) is 81.0 cm³/mol. The zero-order chi connectivity index (χ0) is 13.4. The van der Waals surface area contributed by atoms with E-state index in [1.165, 1.54) is 58.3 Å². The first-order valence-corrected chi connectivity index (χ1v) is 8.09. The Balaban J connectivity index is 2.51. The molecular weight excluding hydrogens is 220 g/mol. The molecule has 2 nitrogen and oxygen atoms in total. The van der Waals surface area contributed by atoms with Crippen LogP contribution in [-0.2, 0) is 0 Å². The van der Waals surface area contributed by atoms with Crippen LogP contribution in [0.4, 0.5) is 0 Å². The van der Waals surface area contributed by atoms with E-state index in [1.807, 2.05) is 0 Å². The molecule has 1 aliphatic carbocycles. The van der Waals surface area contributed by atoms with Crippen LogP contribution in [0.3, 0.4) is 0 Å². The van der Waals surface area contributed by atoms with Gasteiger partial charge in [-0.3, -0.25) is 0 Å². The largest absolute Gasteiger partial charge is 0.316 e. The Labute approximate surface area is 115 Å². The van der Waals surface area contributed by atoms with Gasteiger partial charge in [0.1, 0.15) is 0 Å². The molecule has 1 N–H and O–H groups in total. The van der Waals surface area contributed by atoms with Crippen molar-refractivity contribution in [3.05, 3.63) is 0 Å². The Morgan fingerprint density at radius 3 is 2.33 bits per heavy atom. The summed E-state index contributed by atoms with van der Waals surface area (Å²) in [5.74, 6) is 0.836. The van der Waals surface area contributed by atoms with Crippen LogP contribution in [-0.4, -0.2) is 37.6 Å². The van der Waals surface area contributed by atoms with Crippen molar-refractivity contribution in [1.29, 1.82) is 0 Å². The minimum Gasteiger partial charge on any atom is -0.316 e. The van der Waals surface area contributed by atoms with E-state index in [4.69, 9.17) is 0 Å². The summed E-state index contributed by atoms with van der Waals surface area (Å²) in [6.45, 7) is 15.4. The van der Waals surface area contributed by atoms with E-state index in [1.54, 1.807) is 0 Å². The Morgan fingerprint density at radius 2 is 1.83 bits per heavy atom. The molecular formula is C16H34N2. The third-order valence-electron chi connectivity index (χ3n) is 4.69. The first-order valence-electron chi connectivity index (χ1n) is 8.09. The Kier molecular flexibility index (Phi) is 7.25. The molecule has 1 rings (SSSR count). The lowest BCUT2D eigenvalue weighted by Gasteiger charge is -2.36. The van der Waals surface area contributed by atoms with Gasteiger partial charge in [0.05, 0.1) is 0 Å². The highest BCUT2D eigenvalue weighted by Crippen LogP contribution is 2.38. The molecule has 108 valence electrons. The third-order valence-corrected chi connectivity index (χ3v) is 4.69. The summed E-state index contributed by atoms with van der Waals surface area (Å²) in [5, 5.41) is 3.60. The fourth-order valence-electron chi connectivity index (χ4n) is 3.26. The van der Waals surface area contributed by atoms with E-state index in [9.17, 15) is 0 Å². The Morgan fingerprint density at radius 1 is 1.17 bits per heavy atom. The molecule has 0 heterocycles. The molecule has 0 aromatic carbocycles. The van der Waals surface area contributed by atoms with Gasteiger partial charge < -0.3 is 10.2 Å². The van der Waals surface area contributed by atoms with Crippen molar-refractivity contribution in [2.24, 2.45) is 11.3 Å². The molecule has 0 saturated heterocycles. The Hall–Kier alpha value is -0.0800. The van der Waals surface area contributed by atoms with Crippen LogP contribution >= 0.6 is 0 Å². The molecule has 0 amide bonds. The van der Waals surface area contributed by atoms with E-state index in [2.05, 4.69) is 37.9 Å². The van der Waals surface area contributed by atoms with Crippen LogP contribution < -0.4 is 5.32 Å². The summed E-state index contributed by atoms with van der Waals surface area (Å²) in [4.78, 5) is 2.69. The lowest BCUT2D eigenvalue weighted by molar-refractivity contribution is 0.139. The highest BCUT2D eigenvalue weighted by molar-refractivity contribution is 4.89. The summed E-state index contributed by atoms with van der Waals surface area (Å²) < 4.78 is 0. The van der Waals surface area contributed by atoms with Crippen molar-refractivity contribution >= 4 is 0 Å². The molecule has 1 fully saturated rings. The summed E-state index contributed by atoms with van der Waals surface area (Å²) in [6, 6.07) is 0. The maximum absolute atomic E-state index is 3.60. The second kappa shape index (κ2) is 8.16. The van der Waals surface area contributed by atoms with Gasteiger partial charge in [-0.25, -0.2) is 0 Å². The van der Waals surface area contributed by atoms with Crippen molar-refractivity contribution < 1.29 is 0 Å². The minimum atomic E-state index is 0.569. The van der Waals surface area contributed by atoms with Crippen molar-refractivity contribution in [3.63, 3.8) is 0 Å². The molecule has 1 atom stereocenters. The first-order chi connectivity index (χ1) is 8.65. The summed E-state index contributed by atoms with van der Waals surface area (Å²) in [5.41, 5.74) is 0.569. The zero-order valence-corrected chi connectivity index (χ0v) is 13.1. The standard InChI is InChI=1S/C16H34N2/c1-5-15(4)12-18(7-3)14-16(13-17-6-2)10-8-9-11-16/h15,17H,5-14H2,1-4H3. The average molecular weight is 254 g/mol. The smallest absolute Gasteiger partial charge is 0.00501 e. The number of nitrogens with one attached hydrogen (secondary N) is 1. The van der Waals surface area contributed by atoms with Gasteiger partial charge in [-0.1, -0.05) is 47.0 Å². The maximum atomic E-state index is 3.60. The second-order valence-electron chi connectivity index (χ2n) is 6.33. The number of hydrogen-bond donors (Lipinski definition) is 1. The van der Waals surface area contributed by atoms with Crippen molar-refractivity contribution in [2.45, 2.75) is 59.8 Å². The van der Waals surface area contributed by atoms with E-state index in [0.29, 0.717) is 5.41 Å². The van der Waals surface area contributed by atoms with Gasteiger partial charge in [0.2, 0.25) is 0 Å². The summed E-state index contributed by atoms with van der Waals surface area (Å²) in [7, 11) is 0. The molecule has 1 unspecified atom stereocenters. The molecule has 0 aromatic heterocycles. The van der Waals surface area contributed by atoms with Gasteiger partial charge in [-0.2, -0.15) is 0 Å². The van der Waals surface area contributed by atoms with E-state index < -0.39 is 0 Å². The van der Waals surface area contributed by atoms with Crippen LogP contribution in [0.1, 0.15) is 59.8 Å². The van der Waals surface area contributed by atoms with Gasteiger partial charge in [-0.05, 0) is 37.3 Å². The molecule has 0 bridgehead atoms. The van der Waals surface area contributed by atoms with Gasteiger partial charge in [-0.15, -0.1) is 0 Å². The van der Waals surface area contributed by atoms with Gasteiger partial charge >= 0.3 is 0 Å². The predicted octanol–water partition coefficient (Wildman–Crippen LogP) is 3.52. The Bertz CT molecular complexity index is 209. The van der Waals surface area contributed by atoms with E-state index >= 15 is 0 Å². The lowest BCUT2D eigenvalue weighted by Crippen LogP contribution is -2.43. The van der Waals surface area contributed by atoms with Crippen LogP contribution in [0.5, 0.6) is 0 Å². The highest BCUT2D eigenvalue weighted by atomic mass is 15.1. The fraction of sp³-hybridized carbons (Fsp3) is 1.00. The van der Waals surface area contributed by atoms with Gasteiger partial charge in [0.15, 0.2) is 0 Å². The minimum absolute atomic E-state index is 0.569. The maximum Gasteiger partial charge on any atom is 0.00501 e. The molecule has 18 heavy (non-hydrogen) atoms. The molecule has 1 aliphatic rings. The van der Waals surface area contributed by atoms with Crippen LogP contribution in [0.15, 0.2) is 0 Å². The van der Waals surface area contributed by atoms with Gasteiger partial charge in [0.25, 0.3) is 0 Å². The van der Waals surface area contributed by atoms with Crippen LogP contribution in [0, 0.1) is 11.3 Å². The molecule has 0 spiro atoms. The monoisotopic (exact) mass is 254 g/mol. The first kappa shape index (κ1) is 16.0. The molecule has 0 radical (unpaired) electrons. The van der Waals surface area contributed by atoms with Crippen molar-refractivity contribution in [2.75, 3.05) is 32.7 Å².